The Bertz CT molecular complexity index is 2210. The summed E-state index contributed by atoms with van der Waals surface area (Å²) in [5.41, 5.74) is -0.579. The maximum absolute atomic E-state index is 14.8. The average Bonchev–Trinajstić information content (AvgIpc) is 3.68. The number of fused-ring (bicyclic) bond motifs is 3. The van der Waals surface area contributed by atoms with E-state index in [-0.39, 0.29) is 44.4 Å². The summed E-state index contributed by atoms with van der Waals surface area (Å²) in [6.07, 6.45) is 9.10. The Labute approximate surface area is 343 Å². The van der Waals surface area contributed by atoms with Crippen molar-refractivity contribution < 1.29 is 51.0 Å². The number of aromatic nitrogens is 2. The first-order valence-electron chi connectivity index (χ1n) is 20.0. The van der Waals surface area contributed by atoms with Crippen molar-refractivity contribution >= 4 is 44.7 Å². The Hall–Kier alpha value is -5.39. The molecule has 2 aromatic heterocycles. The number of carbonyl (C=O) groups is 4. The molecule has 0 radical (unpaired) electrons. The average molecular weight is 837 g/mol. The molecular weight excluding hydrogens is 785 g/mol. The highest BCUT2D eigenvalue weighted by atomic mass is 32.2. The number of sulfonamides is 1. The van der Waals surface area contributed by atoms with E-state index in [9.17, 15) is 27.6 Å². The third-order valence-electron chi connectivity index (χ3n) is 11.8. The van der Waals surface area contributed by atoms with Crippen molar-refractivity contribution in [3.8, 4) is 17.4 Å². The second-order valence-corrected chi connectivity index (χ2v) is 18.6. The molecule has 4 amide bonds. The second kappa shape index (κ2) is 16.7. The van der Waals surface area contributed by atoms with Crippen LogP contribution < -0.4 is 29.6 Å². The van der Waals surface area contributed by atoms with Gasteiger partial charge in [-0.25, -0.2) is 23.2 Å². The van der Waals surface area contributed by atoms with E-state index >= 15 is 0 Å². The minimum atomic E-state index is -3.96. The summed E-state index contributed by atoms with van der Waals surface area (Å²) >= 11 is 0. The van der Waals surface area contributed by atoms with Crippen molar-refractivity contribution in [3.05, 3.63) is 54.8 Å². The SMILES string of the molecule is C=C[C@@H]1C[C@]1(NC(=O)[C@@H]1C[C@@H]2CN1C(=O)[C@H](C1CCCC1)NC(=O)OCC(C)(C)CCCc1cc3c(cc(OCc4ncco4)nc3cc1OC)O2)C(=O)NS(C)(=O)=O. The van der Waals surface area contributed by atoms with Gasteiger partial charge in [0.25, 0.3) is 5.91 Å². The molecule has 5 atom stereocenters. The Balaban J connectivity index is 1.28. The molecule has 4 heterocycles. The molecule has 18 heteroatoms. The molecule has 3 fully saturated rings. The van der Waals surface area contributed by atoms with Crippen LogP contribution in [0.3, 0.4) is 0 Å². The number of benzene rings is 1. The van der Waals surface area contributed by atoms with Gasteiger partial charge in [0, 0.05) is 29.9 Å². The molecule has 4 aliphatic rings. The monoisotopic (exact) mass is 836 g/mol. The number of cyclic esters (lactones) is 1. The normalized spacial score (nSPS) is 26.2. The Morgan fingerprint density at radius 2 is 1.93 bits per heavy atom. The van der Waals surface area contributed by atoms with E-state index < -0.39 is 68.9 Å². The summed E-state index contributed by atoms with van der Waals surface area (Å²) < 4.78 is 55.8. The van der Waals surface area contributed by atoms with Gasteiger partial charge in [-0.3, -0.25) is 19.1 Å². The van der Waals surface area contributed by atoms with Crippen LogP contribution in [0.15, 0.2) is 47.7 Å². The first kappa shape index (κ1) is 41.8. The second-order valence-electron chi connectivity index (χ2n) is 16.8. The van der Waals surface area contributed by atoms with Gasteiger partial charge in [-0.05, 0) is 61.5 Å². The van der Waals surface area contributed by atoms with Crippen LogP contribution in [-0.2, 0) is 42.2 Å². The third kappa shape index (κ3) is 9.42. The van der Waals surface area contributed by atoms with Crippen LogP contribution in [0.25, 0.3) is 10.9 Å². The molecule has 3 aromatic rings. The minimum Gasteiger partial charge on any atom is -0.496 e. The number of alkyl carbamates (subject to hydrolysis) is 1. The van der Waals surface area contributed by atoms with Crippen molar-refractivity contribution in [2.75, 3.05) is 26.5 Å². The molecule has 318 valence electrons. The molecule has 4 bridgehead atoms. The quantitative estimate of drug-likeness (QED) is 0.247. The lowest BCUT2D eigenvalue weighted by atomic mass is 9.87. The van der Waals surface area contributed by atoms with Gasteiger partial charge >= 0.3 is 6.09 Å². The van der Waals surface area contributed by atoms with Crippen LogP contribution in [0.2, 0.25) is 0 Å². The summed E-state index contributed by atoms with van der Waals surface area (Å²) in [5, 5.41) is 6.30. The third-order valence-corrected chi connectivity index (χ3v) is 12.3. The number of carbonyl (C=O) groups excluding carboxylic acids is 4. The van der Waals surface area contributed by atoms with Gasteiger partial charge in [-0.15, -0.1) is 6.58 Å². The zero-order chi connectivity index (χ0) is 42.1. The van der Waals surface area contributed by atoms with Crippen LogP contribution in [0, 0.1) is 17.3 Å². The molecule has 1 saturated heterocycles. The van der Waals surface area contributed by atoms with Crippen LogP contribution in [-0.4, -0.2) is 97.3 Å². The fraction of sp³-hybridized carbons (Fsp3) is 0.561. The van der Waals surface area contributed by atoms with E-state index in [1.54, 1.807) is 13.2 Å². The summed E-state index contributed by atoms with van der Waals surface area (Å²) in [7, 11) is -2.38. The maximum atomic E-state index is 14.8. The zero-order valence-electron chi connectivity index (χ0n) is 33.8. The van der Waals surface area contributed by atoms with Crippen LogP contribution in [0.5, 0.6) is 17.4 Å². The summed E-state index contributed by atoms with van der Waals surface area (Å²) in [6, 6.07) is 3.24. The first-order chi connectivity index (χ1) is 28.1. The van der Waals surface area contributed by atoms with Crippen molar-refractivity contribution in [1.29, 1.82) is 0 Å². The van der Waals surface area contributed by atoms with E-state index in [0.29, 0.717) is 54.0 Å². The van der Waals surface area contributed by atoms with E-state index in [1.165, 1.54) is 23.4 Å². The molecule has 59 heavy (non-hydrogen) atoms. The number of oxazole rings is 1. The predicted octanol–water partition coefficient (Wildman–Crippen LogP) is 3.94. The topological polar surface area (TPSA) is 218 Å². The maximum Gasteiger partial charge on any atom is 0.407 e. The lowest BCUT2D eigenvalue weighted by Crippen LogP contribution is -2.59. The minimum absolute atomic E-state index is 0.00450. The van der Waals surface area contributed by atoms with Gasteiger partial charge in [-0.2, -0.15) is 0 Å². The van der Waals surface area contributed by atoms with Gasteiger partial charge in [-0.1, -0.05) is 32.8 Å². The van der Waals surface area contributed by atoms with Gasteiger partial charge in [0.05, 0.1) is 38.2 Å². The molecular formula is C41H52N6O11S. The molecule has 1 aromatic carbocycles. The molecule has 2 saturated carbocycles. The van der Waals surface area contributed by atoms with Crippen molar-refractivity contribution in [1.82, 2.24) is 30.2 Å². The van der Waals surface area contributed by atoms with Gasteiger partial charge in [0.2, 0.25) is 33.6 Å². The highest BCUT2D eigenvalue weighted by molar-refractivity contribution is 7.89. The smallest absolute Gasteiger partial charge is 0.407 e. The number of ether oxygens (including phenoxy) is 4. The number of methoxy groups -OCH3 is 1. The number of hydrogen-bond acceptors (Lipinski definition) is 13. The lowest BCUT2D eigenvalue weighted by molar-refractivity contribution is -0.142. The van der Waals surface area contributed by atoms with Crippen molar-refractivity contribution in [3.63, 3.8) is 0 Å². The fourth-order valence-electron chi connectivity index (χ4n) is 8.52. The molecule has 2 aliphatic heterocycles. The number of rotatable bonds is 10. The van der Waals surface area contributed by atoms with Crippen molar-refractivity contribution in [2.24, 2.45) is 17.3 Å². The Morgan fingerprint density at radius 1 is 1.15 bits per heavy atom. The summed E-state index contributed by atoms with van der Waals surface area (Å²) in [4.78, 5) is 66.4. The van der Waals surface area contributed by atoms with Gasteiger partial charge in [0.15, 0.2) is 6.61 Å². The zero-order valence-corrected chi connectivity index (χ0v) is 34.6. The molecule has 2 aliphatic carbocycles. The number of aryl methyl sites for hydroxylation is 1. The summed E-state index contributed by atoms with van der Waals surface area (Å²) in [5.74, 6) is -1.30. The van der Waals surface area contributed by atoms with Crippen LogP contribution in [0.1, 0.15) is 76.7 Å². The Kier molecular flexibility index (Phi) is 11.8. The molecule has 3 N–H and O–H groups in total. The first-order valence-corrected chi connectivity index (χ1v) is 21.9. The molecule has 7 rings (SSSR count). The largest absolute Gasteiger partial charge is 0.496 e. The fourth-order valence-corrected chi connectivity index (χ4v) is 9.04. The molecule has 0 spiro atoms. The molecule has 17 nitrogen and oxygen atoms in total. The summed E-state index contributed by atoms with van der Waals surface area (Å²) in [6.45, 7) is 7.83. The lowest BCUT2D eigenvalue weighted by Gasteiger charge is -2.32. The molecule has 0 unspecified atom stereocenters. The highest BCUT2D eigenvalue weighted by Crippen LogP contribution is 2.45. The number of hydrogen-bond donors (Lipinski definition) is 3. The van der Waals surface area contributed by atoms with Crippen molar-refractivity contribution in [2.45, 2.75) is 102 Å². The van der Waals surface area contributed by atoms with E-state index in [4.69, 9.17) is 28.3 Å². The van der Waals surface area contributed by atoms with E-state index in [2.05, 4.69) is 22.2 Å². The predicted molar refractivity (Wildman–Crippen MR) is 213 cm³/mol. The number of nitrogens with one attached hydrogen (secondary N) is 3. The number of amides is 4. The van der Waals surface area contributed by atoms with E-state index in [1.807, 2.05) is 30.7 Å². The van der Waals surface area contributed by atoms with E-state index in [0.717, 1.165) is 31.1 Å². The van der Waals surface area contributed by atoms with Crippen LogP contribution in [0.4, 0.5) is 4.79 Å². The Morgan fingerprint density at radius 3 is 2.61 bits per heavy atom. The van der Waals surface area contributed by atoms with Gasteiger partial charge in [0.1, 0.15) is 41.5 Å². The van der Waals surface area contributed by atoms with Gasteiger partial charge < -0.3 is 38.9 Å². The standard InChI is InChI=1S/C41H52N6O11S/c1-6-26-20-41(26,38(50)46-59(5,52)53)45-36(48)30-17-27-21-47(30)37(49)35(24-10-7-8-11-24)44-39(51)57-23-40(2,3)13-9-12-25-16-28-29(18-31(25)54-4)43-33(19-32(28)58-27)56-22-34-42-14-15-55-34/h6,14-16,18-19,24,26-27,30,35H,1,7-13,17,20-23H2,2-5H3,(H,44,51)(H,45,48)(H,46,50)/t26-,27-,30+,35+,41-/m1/s1. The highest BCUT2D eigenvalue weighted by Gasteiger charge is 2.61. The number of nitrogens with zero attached hydrogens (tertiary/aromatic N) is 3. The van der Waals surface area contributed by atoms with Crippen LogP contribution >= 0.6 is 0 Å². The number of pyridine rings is 1.